The first-order valence-corrected chi connectivity index (χ1v) is 9.46. The quantitative estimate of drug-likeness (QED) is 0.496. The minimum atomic E-state index is 0.633. The molecule has 0 bridgehead atoms. The third kappa shape index (κ3) is 3.63. The summed E-state index contributed by atoms with van der Waals surface area (Å²) < 4.78 is 1.99. The van der Waals surface area contributed by atoms with E-state index in [2.05, 4.69) is 31.3 Å². The monoisotopic (exact) mass is 375 g/mol. The summed E-state index contributed by atoms with van der Waals surface area (Å²) in [6.45, 7) is 7.29. The molecule has 25 heavy (non-hydrogen) atoms. The van der Waals surface area contributed by atoms with E-state index in [1.807, 2.05) is 23.6 Å². The number of nitrogens with one attached hydrogen (secondary N) is 1. The number of aryl methyl sites for hydroxylation is 2. The number of pyridine rings is 1. The Hall–Kier alpha value is -1.71. The van der Waals surface area contributed by atoms with Crippen LogP contribution in [0.1, 0.15) is 37.4 Å². The number of benzene rings is 1. The van der Waals surface area contributed by atoms with Crippen LogP contribution in [0.3, 0.4) is 0 Å². The average Bonchev–Trinajstić information content (AvgIpc) is 2.88. The number of hydrogen-bond donors (Lipinski definition) is 1. The number of nitrogens with zero attached hydrogens (tertiary/aromatic N) is 2. The van der Waals surface area contributed by atoms with Gasteiger partial charge in [0.15, 0.2) is 0 Å². The molecule has 0 fully saturated rings. The molecular formula is C20H23Cl2N3. The standard InChI is InChI=1S/C20H23Cl2N3/c1-4-5-6-11-23-19-14(3)24-25-18(19)10-7-13(2)20(25)16-9-8-15(21)12-17(16)22/h7-10,12,23H,4-6,11H2,1-3H3. The molecular weight excluding hydrogens is 353 g/mol. The van der Waals surface area contributed by atoms with Crippen molar-refractivity contribution in [2.24, 2.45) is 0 Å². The Kier molecular flexibility index (Phi) is 5.55. The van der Waals surface area contributed by atoms with E-state index < -0.39 is 0 Å². The first kappa shape index (κ1) is 18.1. The van der Waals surface area contributed by atoms with E-state index in [9.17, 15) is 0 Å². The molecule has 0 saturated heterocycles. The van der Waals surface area contributed by atoms with Gasteiger partial charge in [-0.3, -0.25) is 0 Å². The van der Waals surface area contributed by atoms with Crippen LogP contribution < -0.4 is 5.32 Å². The van der Waals surface area contributed by atoms with E-state index in [1.54, 1.807) is 6.07 Å². The van der Waals surface area contributed by atoms with Gasteiger partial charge in [-0.2, -0.15) is 5.10 Å². The molecule has 0 aliphatic heterocycles. The van der Waals surface area contributed by atoms with Crippen molar-refractivity contribution < 1.29 is 0 Å². The lowest BCUT2D eigenvalue weighted by Crippen LogP contribution is -2.02. The molecule has 1 N–H and O–H groups in total. The molecule has 0 unspecified atom stereocenters. The van der Waals surface area contributed by atoms with Crippen molar-refractivity contribution in [3.63, 3.8) is 0 Å². The highest BCUT2D eigenvalue weighted by Gasteiger charge is 2.16. The van der Waals surface area contributed by atoms with Gasteiger partial charge in [0.1, 0.15) is 0 Å². The zero-order valence-electron chi connectivity index (χ0n) is 14.9. The predicted octanol–water partition coefficient (Wildman–Crippen LogP) is 6.53. The Labute approximate surface area is 159 Å². The van der Waals surface area contributed by atoms with E-state index >= 15 is 0 Å². The van der Waals surface area contributed by atoms with Gasteiger partial charge in [0, 0.05) is 17.1 Å². The van der Waals surface area contributed by atoms with Crippen molar-refractivity contribution in [3.05, 3.63) is 51.6 Å². The van der Waals surface area contributed by atoms with Crippen molar-refractivity contribution in [1.29, 1.82) is 0 Å². The molecule has 132 valence electrons. The lowest BCUT2D eigenvalue weighted by molar-refractivity contribution is 0.744. The fourth-order valence-electron chi connectivity index (χ4n) is 3.13. The van der Waals surface area contributed by atoms with Crippen molar-refractivity contribution in [1.82, 2.24) is 9.61 Å². The van der Waals surface area contributed by atoms with Gasteiger partial charge in [0.2, 0.25) is 0 Å². The van der Waals surface area contributed by atoms with Gasteiger partial charge >= 0.3 is 0 Å². The molecule has 0 aliphatic carbocycles. The minimum Gasteiger partial charge on any atom is -0.382 e. The first-order chi connectivity index (χ1) is 12.0. The third-order valence-electron chi connectivity index (χ3n) is 4.44. The van der Waals surface area contributed by atoms with Gasteiger partial charge in [0.25, 0.3) is 0 Å². The normalized spacial score (nSPS) is 11.2. The van der Waals surface area contributed by atoms with Crippen LogP contribution in [0.25, 0.3) is 16.8 Å². The van der Waals surface area contributed by atoms with Crippen molar-refractivity contribution in [3.8, 4) is 11.3 Å². The van der Waals surface area contributed by atoms with E-state index in [1.165, 1.54) is 12.8 Å². The maximum atomic E-state index is 6.46. The highest BCUT2D eigenvalue weighted by molar-refractivity contribution is 6.36. The van der Waals surface area contributed by atoms with Gasteiger partial charge in [-0.25, -0.2) is 4.52 Å². The van der Waals surface area contributed by atoms with Crippen LogP contribution in [0.2, 0.25) is 10.0 Å². The van der Waals surface area contributed by atoms with Crippen LogP contribution in [0.15, 0.2) is 30.3 Å². The molecule has 5 heteroatoms. The topological polar surface area (TPSA) is 29.3 Å². The second-order valence-corrected chi connectivity index (χ2v) is 7.22. The molecule has 0 atom stereocenters. The van der Waals surface area contributed by atoms with Crippen LogP contribution in [-0.2, 0) is 0 Å². The third-order valence-corrected chi connectivity index (χ3v) is 4.99. The second-order valence-electron chi connectivity index (χ2n) is 6.38. The molecule has 1 aromatic carbocycles. The maximum absolute atomic E-state index is 6.46. The van der Waals surface area contributed by atoms with Crippen LogP contribution in [0.4, 0.5) is 5.69 Å². The van der Waals surface area contributed by atoms with Gasteiger partial charge in [-0.1, -0.05) is 49.0 Å². The summed E-state index contributed by atoms with van der Waals surface area (Å²) in [7, 11) is 0. The summed E-state index contributed by atoms with van der Waals surface area (Å²) in [5.41, 5.74) is 6.23. The summed E-state index contributed by atoms with van der Waals surface area (Å²) in [4.78, 5) is 0. The largest absolute Gasteiger partial charge is 0.382 e. The Bertz CT molecular complexity index is 900. The summed E-state index contributed by atoms with van der Waals surface area (Å²) in [6, 6.07) is 9.83. The van der Waals surface area contributed by atoms with E-state index in [4.69, 9.17) is 28.3 Å². The Balaban J connectivity index is 2.09. The Morgan fingerprint density at radius 1 is 1.08 bits per heavy atom. The van der Waals surface area contributed by atoms with E-state index in [-0.39, 0.29) is 0 Å². The number of hydrogen-bond acceptors (Lipinski definition) is 2. The van der Waals surface area contributed by atoms with E-state index in [0.717, 1.165) is 46.7 Å². The lowest BCUT2D eigenvalue weighted by Gasteiger charge is -2.12. The molecule has 3 nitrogen and oxygen atoms in total. The van der Waals surface area contributed by atoms with Crippen LogP contribution in [0.5, 0.6) is 0 Å². The number of aromatic nitrogens is 2. The van der Waals surface area contributed by atoms with Crippen molar-refractivity contribution >= 4 is 34.4 Å². The average molecular weight is 376 g/mol. The van der Waals surface area contributed by atoms with Crippen LogP contribution in [-0.4, -0.2) is 16.2 Å². The Morgan fingerprint density at radius 2 is 1.88 bits per heavy atom. The van der Waals surface area contributed by atoms with Crippen LogP contribution in [0, 0.1) is 13.8 Å². The van der Waals surface area contributed by atoms with Gasteiger partial charge in [-0.05, 0) is 50.1 Å². The van der Waals surface area contributed by atoms with Crippen molar-refractivity contribution in [2.75, 3.05) is 11.9 Å². The predicted molar refractivity (Wildman–Crippen MR) is 108 cm³/mol. The van der Waals surface area contributed by atoms with Gasteiger partial charge < -0.3 is 5.32 Å². The highest BCUT2D eigenvalue weighted by atomic mass is 35.5. The molecule has 0 radical (unpaired) electrons. The second kappa shape index (κ2) is 7.67. The molecule has 0 aliphatic rings. The molecule has 2 heterocycles. The molecule has 0 amide bonds. The number of halogens is 2. The summed E-state index contributed by atoms with van der Waals surface area (Å²) in [6.07, 6.45) is 3.61. The van der Waals surface area contributed by atoms with Crippen LogP contribution >= 0.6 is 23.2 Å². The van der Waals surface area contributed by atoms with Gasteiger partial charge in [0.05, 0.1) is 27.6 Å². The molecule has 0 saturated carbocycles. The maximum Gasteiger partial charge on any atom is 0.0903 e. The van der Waals surface area contributed by atoms with Crippen molar-refractivity contribution in [2.45, 2.75) is 40.0 Å². The smallest absolute Gasteiger partial charge is 0.0903 e. The number of anilines is 1. The first-order valence-electron chi connectivity index (χ1n) is 8.71. The molecule has 2 aromatic heterocycles. The molecule has 0 spiro atoms. The number of fused-ring (bicyclic) bond motifs is 1. The lowest BCUT2D eigenvalue weighted by atomic mass is 10.1. The minimum absolute atomic E-state index is 0.633. The zero-order valence-corrected chi connectivity index (χ0v) is 16.4. The Morgan fingerprint density at radius 3 is 2.60 bits per heavy atom. The number of unbranched alkanes of at least 4 members (excludes halogenated alkanes) is 2. The fourth-order valence-corrected chi connectivity index (χ4v) is 3.63. The summed E-state index contributed by atoms with van der Waals surface area (Å²) in [5, 5.41) is 9.60. The SMILES string of the molecule is CCCCCNc1c(C)nn2c(-c3ccc(Cl)cc3Cl)c(C)ccc12. The van der Waals surface area contributed by atoms with E-state index in [0.29, 0.717) is 10.0 Å². The number of rotatable bonds is 6. The fraction of sp³-hybridized carbons (Fsp3) is 0.350. The van der Waals surface area contributed by atoms with Gasteiger partial charge in [-0.15, -0.1) is 0 Å². The molecule has 3 aromatic rings. The zero-order chi connectivity index (χ0) is 18.0. The molecule has 3 rings (SSSR count). The summed E-state index contributed by atoms with van der Waals surface area (Å²) in [5.74, 6) is 0. The highest BCUT2D eigenvalue weighted by Crippen LogP contribution is 2.35. The summed E-state index contributed by atoms with van der Waals surface area (Å²) >= 11 is 12.5.